The summed E-state index contributed by atoms with van der Waals surface area (Å²) in [6.07, 6.45) is -1.81. The lowest BCUT2D eigenvalue weighted by atomic mass is 9.78. The van der Waals surface area contributed by atoms with E-state index in [1.807, 2.05) is 112 Å². The van der Waals surface area contributed by atoms with Gasteiger partial charge in [-0.2, -0.15) is 30.7 Å². The molecule has 5 aromatic rings. The highest BCUT2D eigenvalue weighted by Crippen LogP contribution is 2.61. The Bertz CT molecular complexity index is 2260. The summed E-state index contributed by atoms with van der Waals surface area (Å²) in [6.45, 7) is 5.40. The Morgan fingerprint density at radius 3 is 1.96 bits per heavy atom. The molecule has 1 aliphatic heterocycles. The Labute approximate surface area is 309 Å². The van der Waals surface area contributed by atoms with Crippen molar-refractivity contribution in [3.8, 4) is 22.6 Å². The maximum atomic E-state index is 15.2. The minimum atomic E-state index is -6.50. The van der Waals surface area contributed by atoms with E-state index in [0.29, 0.717) is 62.9 Å². The quantitative estimate of drug-likeness (QED) is 0.133. The fourth-order valence-electron chi connectivity index (χ4n) is 7.84. The lowest BCUT2D eigenvalue weighted by Crippen LogP contribution is -2.55. The zero-order valence-corrected chi connectivity index (χ0v) is 30.4. The number of ether oxygens (including phenoxy) is 3. The number of halogens is 7. The largest absolute Gasteiger partial charge is 0.497 e. The normalized spacial score (nSPS) is 19.3. The molecular formula is C44H39F7O3. The van der Waals surface area contributed by atoms with Crippen molar-refractivity contribution in [3.05, 3.63) is 136 Å². The molecule has 0 aromatic heterocycles. The third-order valence-corrected chi connectivity index (χ3v) is 10.7. The highest BCUT2D eigenvalue weighted by molar-refractivity contribution is 6.08. The number of benzene rings is 5. The van der Waals surface area contributed by atoms with Gasteiger partial charge in [0.15, 0.2) is 5.60 Å². The van der Waals surface area contributed by atoms with Crippen molar-refractivity contribution in [2.75, 3.05) is 13.7 Å². The van der Waals surface area contributed by atoms with Crippen molar-refractivity contribution in [2.24, 2.45) is 0 Å². The van der Waals surface area contributed by atoms with E-state index in [1.165, 1.54) is 0 Å². The van der Waals surface area contributed by atoms with Crippen molar-refractivity contribution in [1.29, 1.82) is 0 Å². The molecule has 1 heterocycles. The van der Waals surface area contributed by atoms with E-state index in [2.05, 4.69) is 0 Å². The van der Waals surface area contributed by atoms with Crippen LogP contribution in [0.15, 0.2) is 91.0 Å². The van der Waals surface area contributed by atoms with E-state index in [0.717, 1.165) is 27.8 Å². The summed E-state index contributed by atoms with van der Waals surface area (Å²) in [5.74, 6) is -10.9. The molecule has 54 heavy (non-hydrogen) atoms. The van der Waals surface area contributed by atoms with E-state index < -0.39 is 35.8 Å². The van der Waals surface area contributed by atoms with Gasteiger partial charge in [0.2, 0.25) is 0 Å². The Morgan fingerprint density at radius 2 is 1.33 bits per heavy atom. The number of unbranched alkanes of at least 4 members (excludes halogenated alkanes) is 1. The molecule has 0 radical (unpaired) electrons. The number of hydrogen-bond acceptors (Lipinski definition) is 3. The molecular weight excluding hydrogens is 709 g/mol. The van der Waals surface area contributed by atoms with Gasteiger partial charge in [-0.25, -0.2) is 0 Å². The van der Waals surface area contributed by atoms with Gasteiger partial charge in [0.25, 0.3) is 0 Å². The van der Waals surface area contributed by atoms with Crippen molar-refractivity contribution in [3.63, 3.8) is 0 Å². The zero-order chi connectivity index (χ0) is 38.8. The number of aryl methyl sites for hydroxylation is 3. The van der Waals surface area contributed by atoms with E-state index in [4.69, 9.17) is 14.2 Å². The molecule has 282 valence electrons. The lowest BCUT2D eigenvalue weighted by molar-refractivity contribution is -0.364. The van der Waals surface area contributed by atoms with Crippen LogP contribution in [0.1, 0.15) is 70.7 Å². The van der Waals surface area contributed by atoms with Crippen LogP contribution in [-0.2, 0) is 15.9 Å². The van der Waals surface area contributed by atoms with Crippen LogP contribution in [0.4, 0.5) is 30.7 Å². The van der Waals surface area contributed by atoms with Crippen LogP contribution >= 0.6 is 0 Å². The van der Waals surface area contributed by atoms with E-state index >= 15 is 8.78 Å². The molecule has 0 bridgehead atoms. The fraction of sp³-hybridized carbons (Fsp3) is 0.318. The van der Waals surface area contributed by atoms with Crippen molar-refractivity contribution in [1.82, 2.24) is 0 Å². The maximum absolute atomic E-state index is 15.2. The average molecular weight is 749 g/mol. The van der Waals surface area contributed by atoms with Gasteiger partial charge in [0, 0.05) is 27.6 Å². The first-order valence-corrected chi connectivity index (χ1v) is 17.8. The fourth-order valence-corrected chi connectivity index (χ4v) is 7.84. The third-order valence-electron chi connectivity index (χ3n) is 10.7. The van der Waals surface area contributed by atoms with Crippen LogP contribution in [0.25, 0.3) is 28.0 Å². The van der Waals surface area contributed by atoms with Gasteiger partial charge < -0.3 is 14.2 Å². The molecule has 2 atom stereocenters. The van der Waals surface area contributed by atoms with E-state index in [9.17, 15) is 22.0 Å². The Morgan fingerprint density at radius 1 is 0.722 bits per heavy atom. The summed E-state index contributed by atoms with van der Waals surface area (Å²) in [7, 11) is 1.57. The number of rotatable bonds is 10. The summed E-state index contributed by atoms with van der Waals surface area (Å²) in [5.41, 5.74) is 3.72. The van der Waals surface area contributed by atoms with Crippen LogP contribution < -0.4 is 9.47 Å². The Kier molecular flexibility index (Phi) is 9.15. The molecule has 0 N–H and O–H groups in total. The SMILES string of the molecule is CCCCC1(OCC(F)(F)C(F)(F)C(F)(F)F)c2cc(C)ccc2-c2c1c1c(c3cc(C)ccc23)OC(c2ccc(C)cc2)(c2ccc(OC)cc2)C=C1. The number of hydrogen-bond donors (Lipinski definition) is 0. The summed E-state index contributed by atoms with van der Waals surface area (Å²) in [6, 6.07) is 26.5. The molecule has 7 rings (SSSR count). The monoisotopic (exact) mass is 748 g/mol. The molecule has 0 amide bonds. The Balaban J connectivity index is 1.54. The van der Waals surface area contributed by atoms with Gasteiger partial charge in [-0.3, -0.25) is 0 Å². The number of methoxy groups -OCH3 is 1. The highest BCUT2D eigenvalue weighted by atomic mass is 19.4. The average Bonchev–Trinajstić information content (AvgIpc) is 3.42. The smallest absolute Gasteiger partial charge is 0.459 e. The van der Waals surface area contributed by atoms with Crippen LogP contribution in [0.3, 0.4) is 0 Å². The predicted molar refractivity (Wildman–Crippen MR) is 196 cm³/mol. The minimum Gasteiger partial charge on any atom is -0.497 e. The molecule has 0 saturated carbocycles. The topological polar surface area (TPSA) is 27.7 Å². The first-order valence-electron chi connectivity index (χ1n) is 17.8. The second-order valence-electron chi connectivity index (χ2n) is 14.4. The Hall–Kier alpha value is -4.83. The van der Waals surface area contributed by atoms with Gasteiger partial charge >= 0.3 is 18.0 Å². The van der Waals surface area contributed by atoms with Crippen LogP contribution in [0, 0.1) is 20.8 Å². The summed E-state index contributed by atoms with van der Waals surface area (Å²) in [5, 5.41) is 1.40. The van der Waals surface area contributed by atoms with Crippen LogP contribution in [0.5, 0.6) is 11.5 Å². The number of fused-ring (bicyclic) bond motifs is 8. The van der Waals surface area contributed by atoms with Crippen molar-refractivity contribution in [2.45, 2.75) is 76.2 Å². The van der Waals surface area contributed by atoms with Crippen molar-refractivity contribution < 1.29 is 44.9 Å². The highest BCUT2D eigenvalue weighted by Gasteiger charge is 2.73. The first-order chi connectivity index (χ1) is 25.5. The molecule has 2 unspecified atom stereocenters. The van der Waals surface area contributed by atoms with Gasteiger partial charge in [-0.15, -0.1) is 0 Å². The van der Waals surface area contributed by atoms with Gasteiger partial charge in [-0.05, 0) is 73.5 Å². The second-order valence-corrected chi connectivity index (χ2v) is 14.4. The molecule has 3 nitrogen and oxygen atoms in total. The molecule has 0 saturated heterocycles. The maximum Gasteiger partial charge on any atom is 0.459 e. The lowest BCUT2D eigenvalue weighted by Gasteiger charge is -2.40. The molecule has 2 aliphatic rings. The van der Waals surface area contributed by atoms with Gasteiger partial charge in [-0.1, -0.05) is 109 Å². The molecule has 5 aromatic carbocycles. The van der Waals surface area contributed by atoms with Gasteiger partial charge in [0.05, 0.1) is 7.11 Å². The first kappa shape index (κ1) is 37.5. The van der Waals surface area contributed by atoms with Crippen molar-refractivity contribution >= 4 is 16.8 Å². The van der Waals surface area contributed by atoms with Crippen LogP contribution in [0.2, 0.25) is 0 Å². The van der Waals surface area contributed by atoms with Crippen LogP contribution in [-0.4, -0.2) is 31.7 Å². The molecule has 10 heteroatoms. The molecule has 0 spiro atoms. The van der Waals surface area contributed by atoms with E-state index in [-0.39, 0.29) is 6.42 Å². The minimum absolute atomic E-state index is 0.0276. The molecule has 0 fully saturated rings. The number of alkyl halides is 7. The van der Waals surface area contributed by atoms with Gasteiger partial charge in [0.1, 0.15) is 23.7 Å². The molecule has 1 aliphatic carbocycles. The summed E-state index contributed by atoms with van der Waals surface area (Å²) < 4.78 is 118. The predicted octanol–water partition coefficient (Wildman–Crippen LogP) is 12.4. The third kappa shape index (κ3) is 5.76. The van der Waals surface area contributed by atoms with E-state index in [1.54, 1.807) is 20.1 Å². The second kappa shape index (κ2) is 13.2. The summed E-state index contributed by atoms with van der Waals surface area (Å²) in [4.78, 5) is 0. The zero-order valence-electron chi connectivity index (χ0n) is 30.4. The standard InChI is InChI=1S/C44H39F7O3/c1-6-7-21-41(53-25-42(45,46)43(47,48)44(49,50)51)36-24-28(4)11-19-33(36)37-32-18-10-27(3)23-35(32)39-34(38(37)41)20-22-40(54-39,29-12-8-26(2)9-13-29)30-14-16-31(52-5)17-15-30/h8-20,22-24H,6-7,21,25H2,1-5H3. The summed E-state index contributed by atoms with van der Waals surface area (Å²) >= 11 is 0.